The summed E-state index contributed by atoms with van der Waals surface area (Å²) in [6.45, 7) is 9.88. The van der Waals surface area contributed by atoms with Gasteiger partial charge in [-0.25, -0.2) is 4.39 Å². The van der Waals surface area contributed by atoms with Gasteiger partial charge in [-0.3, -0.25) is 4.98 Å². The first-order chi connectivity index (χ1) is 8.18. The molecule has 3 heteroatoms. The highest BCUT2D eigenvalue weighted by molar-refractivity contribution is 6.35. The minimum Gasteiger partial charge on any atom is -0.264 e. The lowest BCUT2D eigenvalue weighted by Crippen LogP contribution is -1.84. The largest absolute Gasteiger partial charge is 0.264 e. The predicted molar refractivity (Wildman–Crippen MR) is 74.1 cm³/mol. The summed E-state index contributed by atoms with van der Waals surface area (Å²) in [6.07, 6.45) is 3.34. The van der Waals surface area contributed by atoms with Crippen LogP contribution in [0.1, 0.15) is 33.3 Å². The Bertz CT molecular complexity index is 469. The van der Waals surface area contributed by atoms with E-state index in [9.17, 15) is 4.39 Å². The monoisotopic (exact) mass is 255 g/mol. The molecule has 0 unspecified atom stereocenters. The lowest BCUT2D eigenvalue weighted by Gasteiger charge is -2.02. The van der Waals surface area contributed by atoms with Crippen molar-refractivity contribution in [3.8, 4) is 0 Å². The second-order valence-electron chi connectivity index (χ2n) is 2.94. The van der Waals surface area contributed by atoms with Gasteiger partial charge in [0, 0.05) is 17.8 Å². The highest BCUT2D eigenvalue weighted by Crippen LogP contribution is 2.25. The van der Waals surface area contributed by atoms with E-state index in [0.717, 1.165) is 16.3 Å². The Morgan fingerprint density at radius 3 is 2.18 bits per heavy atom. The van der Waals surface area contributed by atoms with Gasteiger partial charge in [-0.1, -0.05) is 39.3 Å². The molecule has 94 valence electrons. The van der Waals surface area contributed by atoms with Gasteiger partial charge >= 0.3 is 0 Å². The summed E-state index contributed by atoms with van der Waals surface area (Å²) in [5.74, 6) is -0.313. The van der Waals surface area contributed by atoms with Crippen molar-refractivity contribution in [1.82, 2.24) is 4.98 Å². The van der Waals surface area contributed by atoms with Gasteiger partial charge in [-0.15, -0.1) is 0 Å². The Labute approximate surface area is 108 Å². The Morgan fingerprint density at radius 1 is 1.00 bits per heavy atom. The summed E-state index contributed by atoms with van der Waals surface area (Å²) in [4.78, 5) is 4.00. The normalized spacial score (nSPS) is 8.88. The zero-order valence-electron chi connectivity index (χ0n) is 11.0. The maximum Gasteiger partial charge on any atom is 0.125 e. The molecule has 17 heavy (non-hydrogen) atoms. The second kappa shape index (κ2) is 8.02. The van der Waals surface area contributed by atoms with Gasteiger partial charge in [-0.05, 0) is 30.0 Å². The third-order valence-electron chi connectivity index (χ3n) is 1.99. The summed E-state index contributed by atoms with van der Waals surface area (Å²) >= 11 is 5.85. The Kier molecular flexibility index (Phi) is 7.47. The quantitative estimate of drug-likeness (QED) is 0.615. The van der Waals surface area contributed by atoms with Gasteiger partial charge < -0.3 is 0 Å². The molecular formula is C14H19ClFN. The van der Waals surface area contributed by atoms with Crippen molar-refractivity contribution in [2.24, 2.45) is 0 Å². The fourth-order valence-electron chi connectivity index (χ4n) is 1.34. The summed E-state index contributed by atoms with van der Waals surface area (Å²) < 4.78 is 13.0. The highest BCUT2D eigenvalue weighted by atomic mass is 35.5. The molecule has 1 aromatic heterocycles. The van der Waals surface area contributed by atoms with Crippen LogP contribution in [0.3, 0.4) is 0 Å². The molecule has 0 saturated heterocycles. The number of pyridine rings is 1. The zero-order chi connectivity index (χ0) is 13.4. The van der Waals surface area contributed by atoms with Crippen molar-refractivity contribution >= 4 is 22.4 Å². The van der Waals surface area contributed by atoms with Crippen molar-refractivity contribution in [3.63, 3.8) is 0 Å². The van der Waals surface area contributed by atoms with E-state index in [1.807, 2.05) is 34.6 Å². The number of aryl methyl sites for hydroxylation is 1. The molecule has 0 spiro atoms. The van der Waals surface area contributed by atoms with E-state index < -0.39 is 0 Å². The average Bonchev–Trinajstić information content (AvgIpc) is 2.36. The van der Waals surface area contributed by atoms with Gasteiger partial charge in [0.1, 0.15) is 5.82 Å². The van der Waals surface area contributed by atoms with E-state index in [2.05, 4.69) is 4.98 Å². The minimum absolute atomic E-state index is 0.313. The van der Waals surface area contributed by atoms with Crippen LogP contribution >= 0.6 is 11.6 Å². The minimum atomic E-state index is -0.313. The zero-order valence-corrected chi connectivity index (χ0v) is 11.8. The second-order valence-corrected chi connectivity index (χ2v) is 3.35. The van der Waals surface area contributed by atoms with Gasteiger partial charge in [0.05, 0.1) is 5.02 Å². The van der Waals surface area contributed by atoms with Crippen LogP contribution in [0.15, 0.2) is 24.5 Å². The lowest BCUT2D eigenvalue weighted by molar-refractivity contribution is 0.629. The van der Waals surface area contributed by atoms with Crippen molar-refractivity contribution in [1.29, 1.82) is 0 Å². The Balaban J connectivity index is 0.000000581. The molecule has 1 nitrogen and oxygen atoms in total. The number of halogens is 2. The van der Waals surface area contributed by atoms with Crippen LogP contribution in [0, 0.1) is 12.7 Å². The Morgan fingerprint density at radius 2 is 1.59 bits per heavy atom. The molecule has 0 aliphatic rings. The van der Waals surface area contributed by atoms with Crippen molar-refractivity contribution < 1.29 is 4.39 Å². The van der Waals surface area contributed by atoms with Gasteiger partial charge in [0.2, 0.25) is 0 Å². The molecule has 0 radical (unpaired) electrons. The highest BCUT2D eigenvalue weighted by Gasteiger charge is 2.03. The van der Waals surface area contributed by atoms with Crippen molar-refractivity contribution in [2.75, 3.05) is 0 Å². The molecule has 0 amide bonds. The molecule has 0 atom stereocenters. The molecule has 2 rings (SSSR count). The van der Waals surface area contributed by atoms with Crippen LogP contribution in [0.25, 0.3) is 10.8 Å². The summed E-state index contributed by atoms with van der Waals surface area (Å²) in [5, 5.41) is 2.02. The summed E-state index contributed by atoms with van der Waals surface area (Å²) in [7, 11) is 0. The first-order valence-electron chi connectivity index (χ1n) is 5.88. The molecule has 0 bridgehead atoms. The number of benzene rings is 1. The molecule has 0 aliphatic carbocycles. The van der Waals surface area contributed by atoms with Gasteiger partial charge in [0.15, 0.2) is 0 Å². The predicted octanol–water partition coefficient (Wildman–Crippen LogP) is 5.39. The Hall–Kier alpha value is -1.15. The third kappa shape index (κ3) is 3.97. The first-order valence-corrected chi connectivity index (χ1v) is 6.25. The van der Waals surface area contributed by atoms with Crippen LogP contribution in [-0.2, 0) is 0 Å². The standard InChI is InChI=1S/C10H7ClFN.2C2H6/c1-6-4-13-5-9-8(6)2-7(12)3-10(9)11;2*1-2/h2-5H,1H3;2*1-2H3. The van der Waals surface area contributed by atoms with Crippen LogP contribution in [0.5, 0.6) is 0 Å². The fraction of sp³-hybridized carbons (Fsp3) is 0.357. The molecule has 2 aromatic rings. The molecule has 0 fully saturated rings. The number of nitrogens with zero attached hydrogens (tertiary/aromatic N) is 1. The summed E-state index contributed by atoms with van der Waals surface area (Å²) in [5.41, 5.74) is 0.930. The average molecular weight is 256 g/mol. The number of fused-ring (bicyclic) bond motifs is 1. The third-order valence-corrected chi connectivity index (χ3v) is 2.30. The SMILES string of the molecule is CC.CC.Cc1cncc2c(Cl)cc(F)cc12. The van der Waals surface area contributed by atoms with Crippen molar-refractivity contribution in [2.45, 2.75) is 34.6 Å². The van der Waals surface area contributed by atoms with E-state index in [0.29, 0.717) is 5.02 Å². The van der Waals surface area contributed by atoms with E-state index >= 15 is 0 Å². The van der Waals surface area contributed by atoms with Crippen LogP contribution < -0.4 is 0 Å². The van der Waals surface area contributed by atoms with E-state index in [1.165, 1.54) is 12.1 Å². The molecule has 0 saturated carbocycles. The smallest absolute Gasteiger partial charge is 0.125 e. The van der Waals surface area contributed by atoms with E-state index in [4.69, 9.17) is 11.6 Å². The molecule has 1 aromatic carbocycles. The molecule has 0 aliphatic heterocycles. The fourth-order valence-corrected chi connectivity index (χ4v) is 1.59. The molecular weight excluding hydrogens is 237 g/mol. The number of aromatic nitrogens is 1. The maximum absolute atomic E-state index is 13.0. The van der Waals surface area contributed by atoms with Crippen molar-refractivity contribution in [3.05, 3.63) is 40.9 Å². The number of rotatable bonds is 0. The van der Waals surface area contributed by atoms with E-state index in [-0.39, 0.29) is 5.82 Å². The first kappa shape index (κ1) is 15.9. The summed E-state index contributed by atoms with van der Waals surface area (Å²) in [6, 6.07) is 2.77. The van der Waals surface area contributed by atoms with Gasteiger partial charge in [0.25, 0.3) is 0 Å². The van der Waals surface area contributed by atoms with Gasteiger partial charge in [-0.2, -0.15) is 0 Å². The maximum atomic E-state index is 13.0. The van der Waals surface area contributed by atoms with Crippen LogP contribution in [0.4, 0.5) is 4.39 Å². The lowest BCUT2D eigenvalue weighted by atomic mass is 10.1. The topological polar surface area (TPSA) is 12.9 Å². The number of hydrogen-bond donors (Lipinski definition) is 0. The van der Waals surface area contributed by atoms with Crippen LogP contribution in [-0.4, -0.2) is 4.98 Å². The molecule has 0 N–H and O–H groups in total. The van der Waals surface area contributed by atoms with Crippen LogP contribution in [0.2, 0.25) is 5.02 Å². The number of hydrogen-bond acceptors (Lipinski definition) is 1. The molecule has 1 heterocycles. The van der Waals surface area contributed by atoms with E-state index in [1.54, 1.807) is 12.4 Å².